The zero-order valence-electron chi connectivity index (χ0n) is 15.8. The molecule has 0 bridgehead atoms. The fraction of sp³-hybridized carbons (Fsp3) is 0.381. The SMILES string of the molecule is Cc1ccc2c(c1)[C@H]1CN(C)CC[C@H]1N2C(=O)Nc1cccc(C(F)(F)F)c1. The van der Waals surface area contributed by atoms with Crippen LogP contribution in [0.4, 0.5) is 29.3 Å². The van der Waals surface area contributed by atoms with Crippen molar-refractivity contribution < 1.29 is 18.0 Å². The molecule has 0 spiro atoms. The fourth-order valence-corrected chi connectivity index (χ4v) is 4.30. The Kier molecular flexibility index (Phi) is 4.57. The van der Waals surface area contributed by atoms with E-state index < -0.39 is 11.7 Å². The lowest BCUT2D eigenvalue weighted by atomic mass is 9.89. The van der Waals surface area contributed by atoms with E-state index in [1.807, 2.05) is 19.1 Å². The van der Waals surface area contributed by atoms with E-state index in [0.29, 0.717) is 0 Å². The number of hydrogen-bond acceptors (Lipinski definition) is 2. The number of anilines is 2. The van der Waals surface area contributed by atoms with Gasteiger partial charge in [0.25, 0.3) is 0 Å². The standard InChI is InChI=1S/C21H22F3N3O/c1-13-6-7-18-16(10-13)17-12-26(2)9-8-19(17)27(18)20(28)25-15-5-3-4-14(11-15)21(22,23)24/h3-7,10-11,17,19H,8-9,12H2,1-2H3,(H,25,28)/t17-,19-/m1/s1. The summed E-state index contributed by atoms with van der Waals surface area (Å²) in [6.07, 6.45) is -3.62. The quantitative estimate of drug-likeness (QED) is 0.757. The highest BCUT2D eigenvalue weighted by molar-refractivity contribution is 6.04. The van der Waals surface area contributed by atoms with Gasteiger partial charge < -0.3 is 10.2 Å². The number of benzene rings is 2. The Labute approximate surface area is 161 Å². The number of carbonyl (C=O) groups is 1. The van der Waals surface area contributed by atoms with E-state index in [1.54, 1.807) is 4.90 Å². The summed E-state index contributed by atoms with van der Waals surface area (Å²) in [5.74, 6) is 0.209. The van der Waals surface area contributed by atoms with Crippen LogP contribution in [0.1, 0.15) is 29.0 Å². The molecule has 0 aliphatic carbocycles. The number of likely N-dealkylation sites (N-methyl/N-ethyl adjacent to an activating group) is 1. The first-order valence-corrected chi connectivity index (χ1v) is 9.30. The van der Waals surface area contributed by atoms with Crippen molar-refractivity contribution in [3.8, 4) is 0 Å². The average molecular weight is 389 g/mol. The Hall–Kier alpha value is -2.54. The molecule has 2 amide bonds. The summed E-state index contributed by atoms with van der Waals surface area (Å²) in [7, 11) is 2.07. The summed E-state index contributed by atoms with van der Waals surface area (Å²) >= 11 is 0. The van der Waals surface area contributed by atoms with Gasteiger partial charge in [-0.3, -0.25) is 4.90 Å². The number of likely N-dealkylation sites (tertiary alicyclic amines) is 1. The van der Waals surface area contributed by atoms with Gasteiger partial charge in [0.1, 0.15) is 0 Å². The van der Waals surface area contributed by atoms with Gasteiger partial charge in [0, 0.05) is 29.9 Å². The third-order valence-electron chi connectivity index (χ3n) is 5.61. The van der Waals surface area contributed by atoms with Gasteiger partial charge in [0.15, 0.2) is 0 Å². The first kappa shape index (κ1) is 18.8. The summed E-state index contributed by atoms with van der Waals surface area (Å²) in [4.78, 5) is 17.1. The number of hydrogen-bond donors (Lipinski definition) is 1. The maximum absolute atomic E-state index is 13.1. The zero-order valence-corrected chi connectivity index (χ0v) is 15.8. The number of amides is 2. The van der Waals surface area contributed by atoms with Gasteiger partial charge in [-0.25, -0.2) is 4.79 Å². The number of piperidine rings is 1. The molecule has 0 unspecified atom stereocenters. The number of aryl methyl sites for hydroxylation is 1. The van der Waals surface area contributed by atoms with Crippen LogP contribution in [-0.4, -0.2) is 37.1 Å². The first-order chi connectivity index (χ1) is 13.2. The predicted octanol–water partition coefficient (Wildman–Crippen LogP) is 4.85. The number of nitrogens with zero attached hydrogens (tertiary/aromatic N) is 2. The molecule has 2 atom stereocenters. The third kappa shape index (κ3) is 3.35. The average Bonchev–Trinajstić information content (AvgIpc) is 2.94. The van der Waals surface area contributed by atoms with Crippen molar-refractivity contribution in [3.05, 3.63) is 59.2 Å². The highest BCUT2D eigenvalue weighted by Crippen LogP contribution is 2.45. The van der Waals surface area contributed by atoms with Crippen molar-refractivity contribution in [3.63, 3.8) is 0 Å². The van der Waals surface area contributed by atoms with Crippen LogP contribution in [0.3, 0.4) is 0 Å². The van der Waals surface area contributed by atoms with Crippen LogP contribution in [0, 0.1) is 6.92 Å². The van der Waals surface area contributed by atoms with Crippen LogP contribution in [0.2, 0.25) is 0 Å². The Morgan fingerprint density at radius 3 is 2.71 bits per heavy atom. The van der Waals surface area contributed by atoms with Crippen molar-refractivity contribution in [2.45, 2.75) is 31.5 Å². The summed E-state index contributed by atoms with van der Waals surface area (Å²) in [6.45, 7) is 3.75. The van der Waals surface area contributed by atoms with E-state index in [9.17, 15) is 18.0 Å². The van der Waals surface area contributed by atoms with Gasteiger partial charge >= 0.3 is 12.2 Å². The van der Waals surface area contributed by atoms with Gasteiger partial charge in [0.05, 0.1) is 5.56 Å². The maximum Gasteiger partial charge on any atom is 0.416 e. The molecule has 148 valence electrons. The Bertz CT molecular complexity index is 912. The predicted molar refractivity (Wildman–Crippen MR) is 103 cm³/mol. The van der Waals surface area contributed by atoms with Crippen molar-refractivity contribution in [2.75, 3.05) is 30.4 Å². The smallest absolute Gasteiger partial charge is 0.308 e. The number of rotatable bonds is 1. The molecular formula is C21H22F3N3O. The van der Waals surface area contributed by atoms with E-state index in [-0.39, 0.29) is 23.7 Å². The van der Waals surface area contributed by atoms with E-state index >= 15 is 0 Å². The van der Waals surface area contributed by atoms with E-state index in [0.717, 1.165) is 48.5 Å². The van der Waals surface area contributed by atoms with Gasteiger partial charge in [-0.05, 0) is 56.8 Å². The summed E-state index contributed by atoms with van der Waals surface area (Å²) < 4.78 is 38.9. The second-order valence-corrected chi connectivity index (χ2v) is 7.67. The molecule has 2 aliphatic rings. The van der Waals surface area contributed by atoms with Gasteiger partial charge in [-0.2, -0.15) is 13.2 Å². The molecule has 7 heteroatoms. The Morgan fingerprint density at radius 2 is 1.96 bits per heavy atom. The topological polar surface area (TPSA) is 35.6 Å². The second-order valence-electron chi connectivity index (χ2n) is 7.67. The molecule has 1 N–H and O–H groups in total. The molecule has 28 heavy (non-hydrogen) atoms. The molecule has 2 aromatic rings. The summed E-state index contributed by atoms with van der Waals surface area (Å²) in [6, 6.07) is 10.4. The number of urea groups is 1. The molecule has 2 heterocycles. The first-order valence-electron chi connectivity index (χ1n) is 9.30. The minimum absolute atomic E-state index is 0.0128. The molecule has 2 aliphatic heterocycles. The molecule has 1 fully saturated rings. The number of halogens is 3. The maximum atomic E-state index is 13.1. The third-order valence-corrected chi connectivity index (χ3v) is 5.61. The summed E-state index contributed by atoms with van der Waals surface area (Å²) in [5.41, 5.74) is 2.48. The monoisotopic (exact) mass is 389 g/mol. The normalized spacial score (nSPS) is 22.0. The molecule has 4 rings (SSSR count). The minimum atomic E-state index is -4.45. The van der Waals surface area contributed by atoms with E-state index in [4.69, 9.17) is 0 Å². The Morgan fingerprint density at radius 1 is 1.18 bits per heavy atom. The van der Waals surface area contributed by atoms with Crippen molar-refractivity contribution >= 4 is 17.4 Å². The molecule has 2 aromatic carbocycles. The van der Waals surface area contributed by atoms with Gasteiger partial charge in [-0.15, -0.1) is 0 Å². The highest BCUT2D eigenvalue weighted by Gasteiger charge is 2.44. The van der Waals surface area contributed by atoms with Crippen molar-refractivity contribution in [1.29, 1.82) is 0 Å². The van der Waals surface area contributed by atoms with Crippen molar-refractivity contribution in [1.82, 2.24) is 4.90 Å². The number of fused-ring (bicyclic) bond motifs is 3. The largest absolute Gasteiger partial charge is 0.416 e. The Balaban J connectivity index is 1.64. The number of nitrogens with one attached hydrogen (secondary N) is 1. The molecule has 0 radical (unpaired) electrons. The lowest BCUT2D eigenvalue weighted by Gasteiger charge is -2.36. The number of alkyl halides is 3. The van der Waals surface area contributed by atoms with Crippen LogP contribution in [0.25, 0.3) is 0 Å². The molecule has 4 nitrogen and oxygen atoms in total. The second kappa shape index (κ2) is 6.81. The molecule has 0 saturated carbocycles. The van der Waals surface area contributed by atoms with Gasteiger partial charge in [0.2, 0.25) is 0 Å². The van der Waals surface area contributed by atoms with Crippen LogP contribution >= 0.6 is 0 Å². The molecule has 0 aromatic heterocycles. The highest BCUT2D eigenvalue weighted by atomic mass is 19.4. The molecular weight excluding hydrogens is 367 g/mol. The zero-order chi connectivity index (χ0) is 20.1. The van der Waals surface area contributed by atoms with Gasteiger partial charge in [-0.1, -0.05) is 23.8 Å². The van der Waals surface area contributed by atoms with Crippen LogP contribution in [0.15, 0.2) is 42.5 Å². The summed E-state index contributed by atoms with van der Waals surface area (Å²) in [5, 5.41) is 2.67. The van der Waals surface area contributed by atoms with Crippen molar-refractivity contribution in [2.24, 2.45) is 0 Å². The fourth-order valence-electron chi connectivity index (χ4n) is 4.30. The van der Waals surface area contributed by atoms with Crippen LogP contribution in [-0.2, 0) is 6.18 Å². The number of carbonyl (C=O) groups excluding carboxylic acids is 1. The minimum Gasteiger partial charge on any atom is -0.308 e. The van der Waals surface area contributed by atoms with E-state index in [2.05, 4.69) is 23.3 Å². The molecule has 1 saturated heterocycles. The van der Waals surface area contributed by atoms with Crippen LogP contribution in [0.5, 0.6) is 0 Å². The lowest BCUT2D eigenvalue weighted by molar-refractivity contribution is -0.137. The van der Waals surface area contributed by atoms with Crippen LogP contribution < -0.4 is 10.2 Å². The lowest BCUT2D eigenvalue weighted by Crippen LogP contribution is -2.48. The van der Waals surface area contributed by atoms with E-state index in [1.165, 1.54) is 12.1 Å².